The van der Waals surface area contributed by atoms with E-state index in [0.717, 1.165) is 0 Å². The Morgan fingerprint density at radius 2 is 1.78 bits per heavy atom. The summed E-state index contributed by atoms with van der Waals surface area (Å²) in [5, 5.41) is 60.4. The molecule has 0 aromatic heterocycles. The van der Waals surface area contributed by atoms with Gasteiger partial charge in [0.1, 0.15) is 46.9 Å². The summed E-state index contributed by atoms with van der Waals surface area (Å²) in [7, 11) is 1.37. The largest absolute Gasteiger partial charge is 0.493 e. The van der Waals surface area contributed by atoms with Crippen LogP contribution in [-0.2, 0) is 14.2 Å². The van der Waals surface area contributed by atoms with Crippen molar-refractivity contribution in [1.82, 2.24) is 0 Å². The summed E-state index contributed by atoms with van der Waals surface area (Å²) in [6.45, 7) is 0.154. The van der Waals surface area contributed by atoms with Gasteiger partial charge in [-0.05, 0) is 18.6 Å². The van der Waals surface area contributed by atoms with E-state index in [2.05, 4.69) is 0 Å². The number of ether oxygens (including phenoxy) is 5. The molecule has 2 aliphatic rings. The van der Waals surface area contributed by atoms with Crippen molar-refractivity contribution in [3.8, 4) is 11.5 Å². The molecule has 2 aliphatic heterocycles. The van der Waals surface area contributed by atoms with E-state index in [9.17, 15) is 30.6 Å². The number of aliphatic hydroxyl groups excluding tert-OH is 5. The van der Waals surface area contributed by atoms with Gasteiger partial charge < -0.3 is 54.3 Å². The van der Waals surface area contributed by atoms with Gasteiger partial charge in [0.15, 0.2) is 12.0 Å². The van der Waals surface area contributed by atoms with Crippen molar-refractivity contribution in [2.45, 2.75) is 55.6 Å². The SMILES string of the molecule is COc1c(Cl)c(C)cc(O[C@@H]2O[C@H](CO[C@H]3OC[C@](O)(CO)[C@H]3O)[C@@H](O)[C@H](O)[C@H]2O)c1Cl. The summed E-state index contributed by atoms with van der Waals surface area (Å²) in [4.78, 5) is 0. The first-order valence-corrected chi connectivity index (χ1v) is 10.4. The molecule has 0 unspecified atom stereocenters. The second-order valence-corrected chi connectivity index (χ2v) is 8.46. The highest BCUT2D eigenvalue weighted by molar-refractivity contribution is 6.38. The van der Waals surface area contributed by atoms with Crippen molar-refractivity contribution in [3.63, 3.8) is 0 Å². The van der Waals surface area contributed by atoms with Gasteiger partial charge in [0.2, 0.25) is 6.29 Å². The first kappa shape index (κ1) is 25.7. The van der Waals surface area contributed by atoms with Gasteiger partial charge in [0.25, 0.3) is 0 Å². The average molecular weight is 501 g/mol. The van der Waals surface area contributed by atoms with Gasteiger partial charge in [-0.3, -0.25) is 0 Å². The van der Waals surface area contributed by atoms with Gasteiger partial charge in [-0.25, -0.2) is 0 Å². The number of aliphatic hydroxyl groups is 6. The normalized spacial score (nSPS) is 37.5. The standard InChI is InChI=1S/C19H26Cl2O11/c1-7-3-8(11(21)15(28-2)10(7)20)31-17-14(25)13(24)12(23)9(32-17)4-29-18-16(26)19(27,5-22)6-30-18/h3,9,12-14,16-18,22-27H,4-6H2,1-2H3/t9-,12-,13+,14-,16+,17-,18+,19-/m1/s1. The van der Waals surface area contributed by atoms with Crippen molar-refractivity contribution < 1.29 is 54.3 Å². The summed E-state index contributed by atoms with van der Waals surface area (Å²) >= 11 is 12.4. The second kappa shape index (κ2) is 10.1. The first-order chi connectivity index (χ1) is 15.0. The maximum Gasteiger partial charge on any atom is 0.229 e. The fraction of sp³-hybridized carbons (Fsp3) is 0.684. The van der Waals surface area contributed by atoms with Crippen LogP contribution in [0.5, 0.6) is 11.5 Å². The summed E-state index contributed by atoms with van der Waals surface area (Å²) < 4.78 is 26.9. The van der Waals surface area contributed by atoms with E-state index in [4.69, 9.17) is 46.9 Å². The van der Waals surface area contributed by atoms with Crippen molar-refractivity contribution in [2.75, 3.05) is 26.9 Å². The minimum Gasteiger partial charge on any atom is -0.493 e. The Kier molecular flexibility index (Phi) is 8.11. The Bertz CT molecular complexity index is 812. The number of benzene rings is 1. The molecule has 2 fully saturated rings. The quantitative estimate of drug-likeness (QED) is 0.270. The molecular formula is C19H26Cl2O11. The molecule has 1 aromatic rings. The third-order valence-electron chi connectivity index (χ3n) is 5.43. The molecule has 11 nitrogen and oxygen atoms in total. The number of rotatable bonds is 7. The van der Waals surface area contributed by atoms with Crippen LogP contribution in [0.15, 0.2) is 6.07 Å². The number of hydrogen-bond acceptors (Lipinski definition) is 11. The minimum atomic E-state index is -1.89. The lowest BCUT2D eigenvalue weighted by molar-refractivity contribution is -0.289. The summed E-state index contributed by atoms with van der Waals surface area (Å²) in [6.07, 6.45) is -10.4. The number of halogens is 2. The van der Waals surface area contributed by atoms with Crippen LogP contribution in [-0.4, -0.2) is 106 Å². The molecular weight excluding hydrogens is 475 g/mol. The second-order valence-electron chi connectivity index (χ2n) is 7.70. The first-order valence-electron chi connectivity index (χ1n) is 9.67. The minimum absolute atomic E-state index is 0.0121. The Morgan fingerprint density at radius 3 is 2.38 bits per heavy atom. The summed E-state index contributed by atoms with van der Waals surface area (Å²) in [5.74, 6) is 0.207. The number of aryl methyl sites for hydroxylation is 1. The molecule has 6 N–H and O–H groups in total. The highest BCUT2D eigenvalue weighted by Gasteiger charge is 2.50. The lowest BCUT2D eigenvalue weighted by Crippen LogP contribution is -2.60. The Balaban J connectivity index is 1.72. The molecule has 2 heterocycles. The zero-order valence-corrected chi connectivity index (χ0v) is 18.7. The predicted octanol–water partition coefficient (Wildman–Crippen LogP) is -1.05. The topological polar surface area (TPSA) is 168 Å². The Morgan fingerprint density at radius 1 is 1.09 bits per heavy atom. The van der Waals surface area contributed by atoms with Crippen molar-refractivity contribution in [3.05, 3.63) is 21.7 Å². The molecule has 3 rings (SSSR count). The molecule has 182 valence electrons. The third-order valence-corrected chi connectivity index (χ3v) is 6.26. The monoisotopic (exact) mass is 500 g/mol. The van der Waals surface area contributed by atoms with Crippen molar-refractivity contribution >= 4 is 23.2 Å². The number of methoxy groups -OCH3 is 1. The van der Waals surface area contributed by atoms with E-state index in [0.29, 0.717) is 5.56 Å². The van der Waals surface area contributed by atoms with Gasteiger partial charge in [-0.15, -0.1) is 0 Å². The highest BCUT2D eigenvalue weighted by atomic mass is 35.5. The van der Waals surface area contributed by atoms with Crippen LogP contribution in [0.2, 0.25) is 10.0 Å². The van der Waals surface area contributed by atoms with E-state index >= 15 is 0 Å². The van der Waals surface area contributed by atoms with E-state index in [-0.39, 0.29) is 28.2 Å². The molecule has 0 amide bonds. The zero-order chi connectivity index (χ0) is 23.8. The Hall–Kier alpha value is -0.960. The highest BCUT2D eigenvalue weighted by Crippen LogP contribution is 2.43. The average Bonchev–Trinajstić information content (AvgIpc) is 3.06. The van der Waals surface area contributed by atoms with Crippen LogP contribution in [0.25, 0.3) is 0 Å². The van der Waals surface area contributed by atoms with E-state index in [1.54, 1.807) is 6.92 Å². The van der Waals surface area contributed by atoms with Gasteiger partial charge in [-0.1, -0.05) is 23.2 Å². The fourth-order valence-electron chi connectivity index (χ4n) is 3.38. The van der Waals surface area contributed by atoms with E-state index < -0.39 is 61.9 Å². The predicted molar refractivity (Wildman–Crippen MR) is 109 cm³/mol. The van der Waals surface area contributed by atoms with Gasteiger partial charge in [0, 0.05) is 0 Å². The maximum atomic E-state index is 10.3. The van der Waals surface area contributed by atoms with Crippen LogP contribution >= 0.6 is 23.2 Å². The van der Waals surface area contributed by atoms with Crippen LogP contribution < -0.4 is 9.47 Å². The molecule has 2 saturated heterocycles. The molecule has 8 atom stereocenters. The molecule has 13 heteroatoms. The molecule has 0 saturated carbocycles. The summed E-state index contributed by atoms with van der Waals surface area (Å²) in [5.41, 5.74) is -1.32. The van der Waals surface area contributed by atoms with Crippen LogP contribution in [0, 0.1) is 6.92 Å². The number of hydrogen-bond donors (Lipinski definition) is 6. The molecule has 0 bridgehead atoms. The van der Waals surface area contributed by atoms with Gasteiger partial charge >= 0.3 is 0 Å². The van der Waals surface area contributed by atoms with Crippen molar-refractivity contribution in [1.29, 1.82) is 0 Å². The lowest BCUT2D eigenvalue weighted by atomic mass is 9.99. The molecule has 0 spiro atoms. The summed E-state index contributed by atoms with van der Waals surface area (Å²) in [6, 6.07) is 1.49. The van der Waals surface area contributed by atoms with Crippen LogP contribution in [0.1, 0.15) is 5.56 Å². The van der Waals surface area contributed by atoms with E-state index in [1.807, 2.05) is 0 Å². The molecule has 1 aromatic carbocycles. The van der Waals surface area contributed by atoms with Gasteiger partial charge in [0.05, 0.1) is 32.0 Å². The zero-order valence-electron chi connectivity index (χ0n) is 17.2. The van der Waals surface area contributed by atoms with E-state index in [1.165, 1.54) is 13.2 Å². The Labute approximate surface area is 193 Å². The lowest BCUT2D eigenvalue weighted by Gasteiger charge is -2.40. The fourth-order valence-corrected chi connectivity index (χ4v) is 3.92. The van der Waals surface area contributed by atoms with Gasteiger partial charge in [-0.2, -0.15) is 0 Å². The molecule has 0 aliphatic carbocycles. The maximum absolute atomic E-state index is 10.3. The molecule has 32 heavy (non-hydrogen) atoms. The smallest absolute Gasteiger partial charge is 0.229 e. The van der Waals surface area contributed by atoms with Crippen LogP contribution in [0.4, 0.5) is 0 Å². The third kappa shape index (κ3) is 4.79. The van der Waals surface area contributed by atoms with Crippen LogP contribution in [0.3, 0.4) is 0 Å². The van der Waals surface area contributed by atoms with Crippen molar-refractivity contribution in [2.24, 2.45) is 0 Å². The molecule has 0 radical (unpaired) electrons.